The predicted molar refractivity (Wildman–Crippen MR) is 63.6 cm³/mol. The Balaban J connectivity index is 2.19. The standard InChI is InChI=1S/C11H15F3N4O/c1-19-6-7-2-3-18(5-7)9-4-8(11(12,13)14)16-10(15)17-9/h4,7H,2-3,5-6H2,1H3,(H2,15,16,17). The molecule has 0 bridgehead atoms. The number of hydrogen-bond acceptors (Lipinski definition) is 5. The minimum absolute atomic E-state index is 0.221. The lowest BCUT2D eigenvalue weighted by Crippen LogP contribution is -2.23. The second-order valence-electron chi connectivity index (χ2n) is 4.52. The number of methoxy groups -OCH3 is 1. The van der Waals surface area contributed by atoms with Gasteiger partial charge in [0.2, 0.25) is 5.95 Å². The minimum Gasteiger partial charge on any atom is -0.384 e. The summed E-state index contributed by atoms with van der Waals surface area (Å²) < 4.78 is 43.0. The quantitative estimate of drug-likeness (QED) is 0.907. The fourth-order valence-corrected chi connectivity index (χ4v) is 2.17. The largest absolute Gasteiger partial charge is 0.433 e. The van der Waals surface area contributed by atoms with E-state index < -0.39 is 11.9 Å². The lowest BCUT2D eigenvalue weighted by atomic mass is 10.1. The number of aromatic nitrogens is 2. The Hall–Kier alpha value is -1.57. The molecule has 0 spiro atoms. The van der Waals surface area contributed by atoms with E-state index in [1.165, 1.54) is 0 Å². The van der Waals surface area contributed by atoms with Crippen LogP contribution < -0.4 is 10.6 Å². The van der Waals surface area contributed by atoms with Crippen molar-refractivity contribution in [3.63, 3.8) is 0 Å². The summed E-state index contributed by atoms with van der Waals surface area (Å²) in [7, 11) is 1.60. The summed E-state index contributed by atoms with van der Waals surface area (Å²) in [5.41, 5.74) is 4.33. The predicted octanol–water partition coefficient (Wildman–Crippen LogP) is 1.55. The lowest BCUT2D eigenvalue weighted by Gasteiger charge is -2.18. The molecule has 5 nitrogen and oxygen atoms in total. The topological polar surface area (TPSA) is 64.3 Å². The van der Waals surface area contributed by atoms with E-state index in [0.717, 1.165) is 12.5 Å². The first-order chi connectivity index (χ1) is 8.90. The van der Waals surface area contributed by atoms with E-state index in [1.807, 2.05) is 0 Å². The van der Waals surface area contributed by atoms with Crippen LogP contribution in [-0.2, 0) is 10.9 Å². The molecule has 106 valence electrons. The Morgan fingerprint density at radius 3 is 2.84 bits per heavy atom. The zero-order chi connectivity index (χ0) is 14.0. The van der Waals surface area contributed by atoms with Crippen LogP contribution in [0.25, 0.3) is 0 Å². The molecular formula is C11H15F3N4O. The highest BCUT2D eigenvalue weighted by Crippen LogP contribution is 2.31. The van der Waals surface area contributed by atoms with Gasteiger partial charge in [-0.05, 0) is 6.42 Å². The van der Waals surface area contributed by atoms with Crippen molar-refractivity contribution in [2.24, 2.45) is 5.92 Å². The van der Waals surface area contributed by atoms with Crippen molar-refractivity contribution in [1.29, 1.82) is 0 Å². The SMILES string of the molecule is COCC1CCN(c2cc(C(F)(F)F)nc(N)n2)C1. The molecule has 0 aromatic carbocycles. The van der Waals surface area contributed by atoms with Crippen LogP contribution in [0.15, 0.2) is 6.07 Å². The van der Waals surface area contributed by atoms with Crippen LogP contribution in [0.1, 0.15) is 12.1 Å². The van der Waals surface area contributed by atoms with Crippen molar-refractivity contribution < 1.29 is 17.9 Å². The summed E-state index contributed by atoms with van der Waals surface area (Å²) in [5.74, 6) is 0.161. The van der Waals surface area contributed by atoms with Gasteiger partial charge in [0, 0.05) is 32.2 Å². The highest BCUT2D eigenvalue weighted by atomic mass is 19.4. The van der Waals surface area contributed by atoms with E-state index in [2.05, 4.69) is 9.97 Å². The van der Waals surface area contributed by atoms with Gasteiger partial charge in [-0.2, -0.15) is 18.2 Å². The van der Waals surface area contributed by atoms with E-state index in [9.17, 15) is 13.2 Å². The molecule has 2 N–H and O–H groups in total. The maximum atomic E-state index is 12.6. The molecule has 0 amide bonds. The molecule has 1 aliphatic heterocycles. The van der Waals surface area contributed by atoms with Crippen LogP contribution in [0.2, 0.25) is 0 Å². The second kappa shape index (κ2) is 5.20. The van der Waals surface area contributed by atoms with Crippen molar-refractivity contribution >= 4 is 11.8 Å². The Morgan fingerprint density at radius 1 is 1.47 bits per heavy atom. The van der Waals surface area contributed by atoms with Gasteiger partial charge < -0.3 is 15.4 Å². The third-order valence-electron chi connectivity index (χ3n) is 3.03. The molecule has 0 radical (unpaired) electrons. The van der Waals surface area contributed by atoms with Gasteiger partial charge in [-0.1, -0.05) is 0 Å². The highest BCUT2D eigenvalue weighted by molar-refractivity contribution is 5.45. The number of anilines is 2. The number of hydrogen-bond donors (Lipinski definition) is 1. The van der Waals surface area contributed by atoms with Gasteiger partial charge in [-0.3, -0.25) is 0 Å². The Morgan fingerprint density at radius 2 is 2.21 bits per heavy atom. The van der Waals surface area contributed by atoms with Gasteiger partial charge in [0.05, 0.1) is 6.61 Å². The smallest absolute Gasteiger partial charge is 0.384 e. The Kier molecular flexibility index (Phi) is 3.79. The van der Waals surface area contributed by atoms with E-state index in [-0.39, 0.29) is 11.8 Å². The molecule has 1 fully saturated rings. The fraction of sp³-hybridized carbons (Fsp3) is 0.636. The monoisotopic (exact) mass is 276 g/mol. The van der Waals surface area contributed by atoms with E-state index >= 15 is 0 Å². The summed E-state index contributed by atoms with van der Waals surface area (Å²) in [6.45, 7) is 1.84. The lowest BCUT2D eigenvalue weighted by molar-refractivity contribution is -0.141. The summed E-state index contributed by atoms with van der Waals surface area (Å²) in [6, 6.07) is 0.936. The zero-order valence-corrected chi connectivity index (χ0v) is 10.4. The van der Waals surface area contributed by atoms with Crippen molar-refractivity contribution in [2.75, 3.05) is 37.4 Å². The third kappa shape index (κ3) is 3.25. The maximum Gasteiger partial charge on any atom is 0.433 e. The summed E-state index contributed by atoms with van der Waals surface area (Å²) >= 11 is 0. The molecule has 0 aliphatic carbocycles. The van der Waals surface area contributed by atoms with Crippen LogP contribution in [-0.4, -0.2) is 36.8 Å². The number of alkyl halides is 3. The average Bonchev–Trinajstić information content (AvgIpc) is 2.76. The first-order valence-corrected chi connectivity index (χ1v) is 5.86. The summed E-state index contributed by atoms with van der Waals surface area (Å²) in [4.78, 5) is 8.87. The number of halogens is 3. The molecule has 2 heterocycles. The summed E-state index contributed by atoms with van der Waals surface area (Å²) in [6.07, 6.45) is -3.66. The van der Waals surface area contributed by atoms with Crippen molar-refractivity contribution in [3.05, 3.63) is 11.8 Å². The van der Waals surface area contributed by atoms with Crippen molar-refractivity contribution in [2.45, 2.75) is 12.6 Å². The average molecular weight is 276 g/mol. The van der Waals surface area contributed by atoms with Crippen molar-refractivity contribution in [1.82, 2.24) is 9.97 Å². The first kappa shape index (κ1) is 13.9. The molecule has 1 atom stereocenters. The van der Waals surface area contributed by atoms with Gasteiger partial charge in [0.15, 0.2) is 5.69 Å². The molecule has 1 aromatic heterocycles. The van der Waals surface area contributed by atoms with Crippen LogP contribution >= 0.6 is 0 Å². The van der Waals surface area contributed by atoms with Crippen LogP contribution in [0.3, 0.4) is 0 Å². The molecular weight excluding hydrogens is 261 g/mol. The Labute approximate surface area is 108 Å². The number of nitrogen functional groups attached to an aromatic ring is 1. The molecule has 0 saturated carbocycles. The molecule has 19 heavy (non-hydrogen) atoms. The molecule has 1 aromatic rings. The van der Waals surface area contributed by atoms with E-state index in [1.54, 1.807) is 12.0 Å². The number of rotatable bonds is 3. The number of nitrogens with zero attached hydrogens (tertiary/aromatic N) is 3. The maximum absolute atomic E-state index is 12.6. The van der Waals surface area contributed by atoms with E-state index in [0.29, 0.717) is 25.6 Å². The normalized spacial score (nSPS) is 20.0. The molecule has 1 unspecified atom stereocenters. The molecule has 8 heteroatoms. The van der Waals surface area contributed by atoms with Gasteiger partial charge in [-0.15, -0.1) is 0 Å². The number of ether oxygens (including phenoxy) is 1. The van der Waals surface area contributed by atoms with Crippen molar-refractivity contribution in [3.8, 4) is 0 Å². The minimum atomic E-state index is -4.52. The van der Waals surface area contributed by atoms with Gasteiger partial charge >= 0.3 is 6.18 Å². The molecule has 2 rings (SSSR count). The van der Waals surface area contributed by atoms with Gasteiger partial charge in [0.1, 0.15) is 5.82 Å². The van der Waals surface area contributed by atoms with Crippen LogP contribution in [0.4, 0.5) is 24.9 Å². The van der Waals surface area contributed by atoms with Crippen LogP contribution in [0, 0.1) is 5.92 Å². The highest BCUT2D eigenvalue weighted by Gasteiger charge is 2.34. The van der Waals surface area contributed by atoms with Crippen LogP contribution in [0.5, 0.6) is 0 Å². The second-order valence-corrected chi connectivity index (χ2v) is 4.52. The molecule has 1 saturated heterocycles. The van der Waals surface area contributed by atoms with Gasteiger partial charge in [0.25, 0.3) is 0 Å². The Bertz CT molecular complexity index is 452. The molecule has 1 aliphatic rings. The van der Waals surface area contributed by atoms with E-state index in [4.69, 9.17) is 10.5 Å². The van der Waals surface area contributed by atoms with Gasteiger partial charge in [-0.25, -0.2) is 4.98 Å². The first-order valence-electron chi connectivity index (χ1n) is 5.86. The zero-order valence-electron chi connectivity index (χ0n) is 10.4. The fourth-order valence-electron chi connectivity index (χ4n) is 2.17. The third-order valence-corrected chi connectivity index (χ3v) is 3.03. The summed E-state index contributed by atoms with van der Waals surface area (Å²) in [5, 5.41) is 0. The number of nitrogens with two attached hydrogens (primary N) is 1.